The first kappa shape index (κ1) is 15.6. The minimum absolute atomic E-state index is 0.410. The highest BCUT2D eigenvalue weighted by Crippen LogP contribution is 2.26. The SMILES string of the molecule is CC1=NC(Cc2ccc(C#N)cc2)(Cc2ccc(C#N)cc2)C=N1. The van der Waals surface area contributed by atoms with Crippen LogP contribution in [-0.2, 0) is 12.8 Å². The highest BCUT2D eigenvalue weighted by atomic mass is 15.0. The van der Waals surface area contributed by atoms with Crippen LogP contribution < -0.4 is 0 Å². The molecule has 0 aliphatic carbocycles. The van der Waals surface area contributed by atoms with Crippen molar-refractivity contribution in [1.82, 2.24) is 0 Å². The van der Waals surface area contributed by atoms with E-state index in [4.69, 9.17) is 15.5 Å². The van der Waals surface area contributed by atoms with Crippen LogP contribution in [0.15, 0.2) is 58.5 Å². The Kier molecular flexibility index (Phi) is 4.22. The van der Waals surface area contributed by atoms with Crippen molar-refractivity contribution in [2.24, 2.45) is 9.98 Å². The first-order chi connectivity index (χ1) is 11.6. The maximum atomic E-state index is 8.92. The molecule has 0 spiro atoms. The van der Waals surface area contributed by atoms with Gasteiger partial charge in [0, 0.05) is 19.1 Å². The predicted octanol–water partition coefficient (Wildman–Crippen LogP) is 3.46. The van der Waals surface area contributed by atoms with Gasteiger partial charge < -0.3 is 0 Å². The fourth-order valence-corrected chi connectivity index (χ4v) is 2.93. The van der Waals surface area contributed by atoms with Crippen LogP contribution in [0.5, 0.6) is 0 Å². The molecule has 1 aliphatic rings. The van der Waals surface area contributed by atoms with Crippen molar-refractivity contribution in [2.45, 2.75) is 25.3 Å². The van der Waals surface area contributed by atoms with E-state index in [-0.39, 0.29) is 0 Å². The van der Waals surface area contributed by atoms with E-state index in [1.807, 2.05) is 61.7 Å². The number of rotatable bonds is 4. The molecule has 24 heavy (non-hydrogen) atoms. The number of aliphatic imine (C=N–C) groups is 2. The highest BCUT2D eigenvalue weighted by Gasteiger charge is 2.31. The number of amidine groups is 1. The quantitative estimate of drug-likeness (QED) is 0.867. The largest absolute Gasteiger partial charge is 0.258 e. The molecule has 4 heteroatoms. The van der Waals surface area contributed by atoms with Crippen LogP contribution >= 0.6 is 0 Å². The minimum Gasteiger partial charge on any atom is -0.258 e. The number of nitrogens with zero attached hydrogens (tertiary/aromatic N) is 4. The summed E-state index contributed by atoms with van der Waals surface area (Å²) in [5.74, 6) is 0.775. The van der Waals surface area contributed by atoms with E-state index in [2.05, 4.69) is 17.1 Å². The van der Waals surface area contributed by atoms with Crippen molar-refractivity contribution < 1.29 is 0 Å². The zero-order valence-corrected chi connectivity index (χ0v) is 13.4. The number of hydrogen-bond acceptors (Lipinski definition) is 4. The number of benzene rings is 2. The van der Waals surface area contributed by atoms with Crippen molar-refractivity contribution in [1.29, 1.82) is 10.5 Å². The second-order valence-electron chi connectivity index (χ2n) is 5.99. The molecule has 3 rings (SSSR count). The second kappa shape index (κ2) is 6.48. The molecule has 0 bridgehead atoms. The number of nitriles is 2. The first-order valence-electron chi connectivity index (χ1n) is 7.72. The lowest BCUT2D eigenvalue weighted by molar-refractivity contribution is 0.581. The molecule has 0 saturated carbocycles. The smallest absolute Gasteiger partial charge is 0.120 e. The van der Waals surface area contributed by atoms with E-state index in [0.29, 0.717) is 11.1 Å². The first-order valence-corrected chi connectivity index (χ1v) is 7.72. The molecule has 0 amide bonds. The Morgan fingerprint density at radius 2 is 1.29 bits per heavy atom. The fourth-order valence-electron chi connectivity index (χ4n) is 2.93. The van der Waals surface area contributed by atoms with Crippen LogP contribution in [0.1, 0.15) is 29.2 Å². The Labute approximate surface area is 141 Å². The third-order valence-corrected chi connectivity index (χ3v) is 4.06. The predicted molar refractivity (Wildman–Crippen MR) is 94.1 cm³/mol. The van der Waals surface area contributed by atoms with Gasteiger partial charge in [-0.05, 0) is 42.3 Å². The molecule has 2 aromatic rings. The summed E-state index contributed by atoms with van der Waals surface area (Å²) in [6.45, 7) is 1.90. The normalized spacial score (nSPS) is 14.7. The highest BCUT2D eigenvalue weighted by molar-refractivity contribution is 5.97. The van der Waals surface area contributed by atoms with E-state index in [1.54, 1.807) is 0 Å². The van der Waals surface area contributed by atoms with Crippen LogP contribution in [-0.4, -0.2) is 17.6 Å². The van der Waals surface area contributed by atoms with Crippen LogP contribution in [0.25, 0.3) is 0 Å². The van der Waals surface area contributed by atoms with Crippen molar-refractivity contribution >= 4 is 12.1 Å². The maximum Gasteiger partial charge on any atom is 0.120 e. The molecule has 0 fully saturated rings. The topological polar surface area (TPSA) is 72.3 Å². The van der Waals surface area contributed by atoms with Gasteiger partial charge in [-0.15, -0.1) is 0 Å². The molecule has 0 unspecified atom stereocenters. The summed E-state index contributed by atoms with van der Waals surface area (Å²) in [5, 5.41) is 17.8. The van der Waals surface area contributed by atoms with Gasteiger partial charge in [-0.25, -0.2) is 4.99 Å². The van der Waals surface area contributed by atoms with Gasteiger partial charge in [-0.1, -0.05) is 24.3 Å². The van der Waals surface area contributed by atoms with E-state index < -0.39 is 5.54 Å². The van der Waals surface area contributed by atoms with Crippen molar-refractivity contribution in [3.05, 3.63) is 70.8 Å². The molecule has 0 aromatic heterocycles. The van der Waals surface area contributed by atoms with Gasteiger partial charge in [0.2, 0.25) is 0 Å². The van der Waals surface area contributed by atoms with Gasteiger partial charge in [-0.3, -0.25) is 4.99 Å². The molecule has 4 nitrogen and oxygen atoms in total. The average molecular weight is 312 g/mol. The lowest BCUT2D eigenvalue weighted by atomic mass is 9.86. The van der Waals surface area contributed by atoms with Gasteiger partial charge in [0.15, 0.2) is 0 Å². The molecule has 116 valence electrons. The standard InChI is InChI=1S/C20H16N4/c1-15-23-14-20(24-15,10-16-2-6-18(12-21)7-3-16)11-17-4-8-19(13-22)9-5-17/h2-9,14H,10-11H2,1H3. The third kappa shape index (κ3) is 3.39. The summed E-state index contributed by atoms with van der Waals surface area (Å²) in [7, 11) is 0. The van der Waals surface area contributed by atoms with E-state index >= 15 is 0 Å². The van der Waals surface area contributed by atoms with Gasteiger partial charge in [0.05, 0.1) is 23.3 Å². The Hall–Kier alpha value is -3.24. The van der Waals surface area contributed by atoms with Crippen molar-refractivity contribution in [2.75, 3.05) is 0 Å². The molecule has 1 aliphatic heterocycles. The molecule has 0 saturated heterocycles. The lowest BCUT2D eigenvalue weighted by Crippen LogP contribution is -2.32. The molecule has 0 N–H and O–H groups in total. The van der Waals surface area contributed by atoms with E-state index in [0.717, 1.165) is 29.8 Å². The van der Waals surface area contributed by atoms with Gasteiger partial charge in [-0.2, -0.15) is 10.5 Å². The third-order valence-electron chi connectivity index (χ3n) is 4.06. The summed E-state index contributed by atoms with van der Waals surface area (Å²) in [6.07, 6.45) is 3.36. The molecular weight excluding hydrogens is 296 g/mol. The molecule has 1 heterocycles. The average Bonchev–Trinajstić information content (AvgIpc) is 2.96. The van der Waals surface area contributed by atoms with Crippen LogP contribution in [0.3, 0.4) is 0 Å². The van der Waals surface area contributed by atoms with Crippen LogP contribution in [0.4, 0.5) is 0 Å². The Bertz CT molecular complexity index is 816. The molecular formula is C20H16N4. The Balaban J connectivity index is 1.86. The summed E-state index contributed by atoms with van der Waals surface area (Å²) in [6, 6.07) is 19.5. The summed E-state index contributed by atoms with van der Waals surface area (Å²) in [5.41, 5.74) is 3.13. The second-order valence-corrected chi connectivity index (χ2v) is 5.99. The van der Waals surface area contributed by atoms with Gasteiger partial charge >= 0.3 is 0 Å². The number of hydrogen-bond donors (Lipinski definition) is 0. The monoisotopic (exact) mass is 312 g/mol. The zero-order valence-electron chi connectivity index (χ0n) is 13.4. The van der Waals surface area contributed by atoms with Crippen LogP contribution in [0, 0.1) is 22.7 Å². The molecule has 0 atom stereocenters. The Morgan fingerprint density at radius 1 is 0.833 bits per heavy atom. The van der Waals surface area contributed by atoms with E-state index in [9.17, 15) is 0 Å². The van der Waals surface area contributed by atoms with Crippen molar-refractivity contribution in [3.63, 3.8) is 0 Å². The van der Waals surface area contributed by atoms with Gasteiger partial charge in [0.25, 0.3) is 0 Å². The summed E-state index contributed by atoms with van der Waals surface area (Å²) < 4.78 is 0. The maximum absolute atomic E-state index is 8.92. The fraction of sp³-hybridized carbons (Fsp3) is 0.200. The van der Waals surface area contributed by atoms with E-state index in [1.165, 1.54) is 0 Å². The van der Waals surface area contributed by atoms with Crippen molar-refractivity contribution in [3.8, 4) is 12.1 Å². The minimum atomic E-state index is -0.410. The summed E-state index contributed by atoms with van der Waals surface area (Å²) >= 11 is 0. The molecule has 0 radical (unpaired) electrons. The molecule has 2 aromatic carbocycles. The summed E-state index contributed by atoms with van der Waals surface area (Å²) in [4.78, 5) is 9.13. The lowest BCUT2D eigenvalue weighted by Gasteiger charge is -2.23. The van der Waals surface area contributed by atoms with Crippen LogP contribution in [0.2, 0.25) is 0 Å². The van der Waals surface area contributed by atoms with Gasteiger partial charge in [0.1, 0.15) is 11.4 Å². The Morgan fingerprint density at radius 3 is 1.62 bits per heavy atom. The zero-order chi connectivity index (χ0) is 17.0.